The summed E-state index contributed by atoms with van der Waals surface area (Å²) >= 11 is 7.33. The fourth-order valence-corrected chi connectivity index (χ4v) is 4.40. The second-order valence-corrected chi connectivity index (χ2v) is 8.86. The molecular formula is C25H18ClN5O3S. The van der Waals surface area contributed by atoms with Crippen molar-refractivity contribution >= 4 is 44.3 Å². The van der Waals surface area contributed by atoms with Gasteiger partial charge in [0, 0.05) is 22.2 Å². The molecular weight excluding hydrogens is 486 g/mol. The molecule has 0 saturated carbocycles. The lowest BCUT2D eigenvalue weighted by molar-refractivity contribution is 0.102. The molecule has 5 aromatic rings. The van der Waals surface area contributed by atoms with Crippen molar-refractivity contribution in [3.63, 3.8) is 0 Å². The molecule has 0 spiro atoms. The number of rotatable bonds is 6. The largest absolute Gasteiger partial charge is 0.496 e. The maximum atomic E-state index is 13.1. The van der Waals surface area contributed by atoms with Crippen LogP contribution >= 0.6 is 22.9 Å². The number of aryl methyl sites for hydroxylation is 1. The zero-order valence-electron chi connectivity index (χ0n) is 18.7. The number of ether oxygens (including phenoxy) is 2. The van der Waals surface area contributed by atoms with E-state index in [4.69, 9.17) is 21.1 Å². The minimum absolute atomic E-state index is 0.346. The maximum absolute atomic E-state index is 13.1. The first kappa shape index (κ1) is 22.7. The van der Waals surface area contributed by atoms with E-state index >= 15 is 0 Å². The van der Waals surface area contributed by atoms with E-state index in [0.717, 1.165) is 11.1 Å². The third-order valence-corrected chi connectivity index (χ3v) is 6.48. The lowest BCUT2D eigenvalue weighted by Gasteiger charge is -2.11. The van der Waals surface area contributed by atoms with Crippen LogP contribution in [-0.4, -0.2) is 33.2 Å². The second-order valence-electron chi connectivity index (χ2n) is 7.48. The van der Waals surface area contributed by atoms with Gasteiger partial charge in [0.25, 0.3) is 5.91 Å². The lowest BCUT2D eigenvalue weighted by atomic mass is 10.0. The molecule has 8 nitrogen and oxygen atoms in total. The molecule has 174 valence electrons. The van der Waals surface area contributed by atoms with Gasteiger partial charge in [0.1, 0.15) is 21.8 Å². The number of carbonyl (C=O) groups excluding carboxylic acids is 1. The smallest absolute Gasteiger partial charge is 0.259 e. The van der Waals surface area contributed by atoms with Gasteiger partial charge in [-0.3, -0.25) is 10.1 Å². The predicted molar refractivity (Wildman–Crippen MR) is 136 cm³/mol. The molecule has 5 rings (SSSR count). The molecule has 0 atom stereocenters. The highest BCUT2D eigenvalue weighted by atomic mass is 35.5. The highest BCUT2D eigenvalue weighted by Crippen LogP contribution is 2.33. The van der Waals surface area contributed by atoms with Crippen LogP contribution in [0, 0.1) is 6.92 Å². The molecule has 0 unspecified atom stereocenters. The van der Waals surface area contributed by atoms with E-state index in [0.29, 0.717) is 49.0 Å². The van der Waals surface area contributed by atoms with Crippen molar-refractivity contribution in [3.8, 4) is 28.5 Å². The highest BCUT2D eigenvalue weighted by molar-refractivity contribution is 7.22. The maximum Gasteiger partial charge on any atom is 0.259 e. The van der Waals surface area contributed by atoms with Crippen LogP contribution in [0.3, 0.4) is 0 Å². The Balaban J connectivity index is 1.39. The number of methoxy groups -OCH3 is 1. The molecule has 0 saturated heterocycles. The van der Waals surface area contributed by atoms with Gasteiger partial charge in [-0.15, -0.1) is 0 Å². The van der Waals surface area contributed by atoms with Crippen LogP contribution in [0.1, 0.15) is 15.9 Å². The first-order valence-corrected chi connectivity index (χ1v) is 11.7. The number of nitrogens with one attached hydrogen (secondary N) is 1. The van der Waals surface area contributed by atoms with Gasteiger partial charge in [-0.05, 0) is 42.8 Å². The Hall–Kier alpha value is -4.08. The fourth-order valence-electron chi connectivity index (χ4n) is 3.46. The topological polar surface area (TPSA) is 99.1 Å². The van der Waals surface area contributed by atoms with Crippen molar-refractivity contribution in [3.05, 3.63) is 83.1 Å². The summed E-state index contributed by atoms with van der Waals surface area (Å²) in [6.07, 6.45) is 2.96. The van der Waals surface area contributed by atoms with E-state index in [1.165, 1.54) is 23.7 Å². The van der Waals surface area contributed by atoms with Crippen molar-refractivity contribution < 1.29 is 14.3 Å². The number of aromatic nitrogens is 4. The number of benzene rings is 2. The zero-order valence-corrected chi connectivity index (χ0v) is 20.2. The van der Waals surface area contributed by atoms with Crippen LogP contribution in [-0.2, 0) is 0 Å². The van der Waals surface area contributed by atoms with Gasteiger partial charge >= 0.3 is 0 Å². The number of hydrogen-bond acceptors (Lipinski definition) is 8. The number of carbonyl (C=O) groups is 1. The van der Waals surface area contributed by atoms with E-state index in [-0.39, 0.29) is 5.91 Å². The van der Waals surface area contributed by atoms with E-state index in [2.05, 4.69) is 25.5 Å². The number of thiazole rings is 1. The number of fused-ring (bicyclic) bond motifs is 1. The summed E-state index contributed by atoms with van der Waals surface area (Å²) < 4.78 is 11.3. The van der Waals surface area contributed by atoms with E-state index in [9.17, 15) is 4.79 Å². The number of halogens is 1. The van der Waals surface area contributed by atoms with Gasteiger partial charge in [0.2, 0.25) is 5.88 Å². The number of para-hydroxylation sites is 1. The predicted octanol–water partition coefficient (Wildman–Crippen LogP) is 6.16. The van der Waals surface area contributed by atoms with Crippen molar-refractivity contribution in [2.24, 2.45) is 0 Å². The number of amides is 1. The minimum Gasteiger partial charge on any atom is -0.496 e. The average molecular weight is 504 g/mol. The standard InChI is InChI=1S/C25H18ClN5O3S/c1-14-11-15(7-8-19(14)26)34-22-10-9-20-24(30-22)35-25(29-20)31-23(32)18-13-28-27-12-17(18)16-5-3-4-6-21(16)33-2/h3-13H,1-2H3,(H,29,31,32). The van der Waals surface area contributed by atoms with E-state index in [1.807, 2.05) is 37.3 Å². The third-order valence-electron chi connectivity index (χ3n) is 5.17. The molecule has 1 amide bonds. The first-order valence-electron chi connectivity index (χ1n) is 10.5. The normalized spacial score (nSPS) is 10.8. The summed E-state index contributed by atoms with van der Waals surface area (Å²) in [5, 5.41) is 11.7. The van der Waals surface area contributed by atoms with Crippen molar-refractivity contribution in [1.29, 1.82) is 0 Å². The Kier molecular flexibility index (Phi) is 6.26. The lowest BCUT2D eigenvalue weighted by Crippen LogP contribution is -2.14. The summed E-state index contributed by atoms with van der Waals surface area (Å²) in [5.41, 5.74) is 3.23. The molecule has 1 N–H and O–H groups in total. The average Bonchev–Trinajstić information content (AvgIpc) is 3.27. The molecule has 0 aliphatic carbocycles. The summed E-state index contributed by atoms with van der Waals surface area (Å²) in [5.74, 6) is 1.30. The molecule has 10 heteroatoms. The van der Waals surface area contributed by atoms with Crippen molar-refractivity contribution in [1.82, 2.24) is 20.2 Å². The molecule has 3 heterocycles. The summed E-state index contributed by atoms with van der Waals surface area (Å²) in [7, 11) is 1.58. The van der Waals surface area contributed by atoms with Gasteiger partial charge in [0.15, 0.2) is 5.13 Å². The fraction of sp³-hybridized carbons (Fsp3) is 0.0800. The van der Waals surface area contributed by atoms with Crippen LogP contribution in [0.25, 0.3) is 21.5 Å². The molecule has 35 heavy (non-hydrogen) atoms. The number of nitrogens with zero attached hydrogens (tertiary/aromatic N) is 4. The second kappa shape index (κ2) is 9.65. The van der Waals surface area contributed by atoms with Gasteiger partial charge in [-0.25, -0.2) is 9.97 Å². The number of hydrogen-bond donors (Lipinski definition) is 1. The van der Waals surface area contributed by atoms with E-state index in [1.54, 1.807) is 31.4 Å². The Morgan fingerprint density at radius 3 is 2.66 bits per heavy atom. The summed E-state index contributed by atoms with van der Waals surface area (Å²) in [6, 6.07) is 16.3. The first-order chi connectivity index (χ1) is 17.0. The van der Waals surface area contributed by atoms with Crippen molar-refractivity contribution in [2.75, 3.05) is 12.4 Å². The molecule has 2 aromatic carbocycles. The van der Waals surface area contributed by atoms with Crippen LogP contribution in [0.5, 0.6) is 17.4 Å². The Morgan fingerprint density at radius 2 is 1.83 bits per heavy atom. The Labute approximate surface area is 209 Å². The Morgan fingerprint density at radius 1 is 1.00 bits per heavy atom. The van der Waals surface area contributed by atoms with Crippen molar-refractivity contribution in [2.45, 2.75) is 6.92 Å². The molecule has 0 radical (unpaired) electrons. The van der Waals surface area contributed by atoms with Crippen LogP contribution in [0.4, 0.5) is 5.13 Å². The molecule has 0 aliphatic rings. The molecule has 0 aliphatic heterocycles. The zero-order chi connectivity index (χ0) is 24.4. The number of anilines is 1. The Bertz CT molecular complexity index is 1560. The monoisotopic (exact) mass is 503 g/mol. The van der Waals surface area contributed by atoms with E-state index < -0.39 is 0 Å². The molecule has 0 bridgehead atoms. The van der Waals surface area contributed by atoms with Gasteiger partial charge in [-0.2, -0.15) is 10.2 Å². The van der Waals surface area contributed by atoms with Crippen LogP contribution in [0.15, 0.2) is 67.0 Å². The van der Waals surface area contributed by atoms with Crippen LogP contribution in [0.2, 0.25) is 5.02 Å². The third kappa shape index (κ3) is 4.77. The molecule has 0 fully saturated rings. The SMILES string of the molecule is COc1ccccc1-c1cnncc1C(=O)Nc1nc2ccc(Oc3ccc(Cl)c(C)c3)nc2s1. The van der Waals surface area contributed by atoms with Gasteiger partial charge < -0.3 is 9.47 Å². The van der Waals surface area contributed by atoms with Gasteiger partial charge in [-0.1, -0.05) is 41.1 Å². The quantitative estimate of drug-likeness (QED) is 0.296. The van der Waals surface area contributed by atoms with Crippen LogP contribution < -0.4 is 14.8 Å². The highest BCUT2D eigenvalue weighted by Gasteiger charge is 2.18. The number of pyridine rings is 1. The summed E-state index contributed by atoms with van der Waals surface area (Å²) in [4.78, 5) is 22.8. The molecule has 3 aromatic heterocycles. The summed E-state index contributed by atoms with van der Waals surface area (Å²) in [6.45, 7) is 1.90. The minimum atomic E-state index is -0.368. The van der Waals surface area contributed by atoms with Gasteiger partial charge in [0.05, 0.1) is 25.1 Å².